The highest BCUT2D eigenvalue weighted by Crippen LogP contribution is 2.29. The van der Waals surface area contributed by atoms with Gasteiger partial charge in [0.2, 0.25) is 0 Å². The minimum atomic E-state index is 0.369. The number of guanidine groups is 1. The number of anilines is 1. The summed E-state index contributed by atoms with van der Waals surface area (Å²) in [5, 5.41) is 14.9. The highest BCUT2D eigenvalue weighted by atomic mass is 15.3. The van der Waals surface area contributed by atoms with Gasteiger partial charge in [0.25, 0.3) is 0 Å². The van der Waals surface area contributed by atoms with Crippen molar-refractivity contribution in [3.63, 3.8) is 0 Å². The zero-order valence-electron chi connectivity index (χ0n) is 16.6. The number of nitrogens with one attached hydrogen (secondary N) is 2. The van der Waals surface area contributed by atoms with Gasteiger partial charge in [0.15, 0.2) is 5.96 Å². The zero-order chi connectivity index (χ0) is 19.1. The van der Waals surface area contributed by atoms with Gasteiger partial charge in [0, 0.05) is 44.3 Å². The Morgan fingerprint density at radius 2 is 2.11 bits per heavy atom. The van der Waals surface area contributed by atoms with Crippen LogP contribution in [0.2, 0.25) is 0 Å². The van der Waals surface area contributed by atoms with E-state index in [2.05, 4.69) is 75.3 Å². The number of para-hydroxylation sites is 1. The van der Waals surface area contributed by atoms with E-state index in [1.54, 1.807) is 6.33 Å². The summed E-state index contributed by atoms with van der Waals surface area (Å²) in [5.41, 5.74) is 2.80. The van der Waals surface area contributed by atoms with Crippen molar-refractivity contribution in [2.24, 2.45) is 4.99 Å². The van der Waals surface area contributed by atoms with Crippen LogP contribution in [0, 0.1) is 0 Å². The van der Waals surface area contributed by atoms with E-state index in [-0.39, 0.29) is 0 Å². The molecule has 1 aromatic heterocycles. The molecule has 2 heterocycles. The number of fused-ring (bicyclic) bond motifs is 1. The van der Waals surface area contributed by atoms with Crippen molar-refractivity contribution in [3.8, 4) is 0 Å². The summed E-state index contributed by atoms with van der Waals surface area (Å²) in [4.78, 5) is 7.27. The summed E-state index contributed by atoms with van der Waals surface area (Å²) in [6, 6.07) is 9.06. The highest BCUT2D eigenvalue weighted by Gasteiger charge is 2.22. The minimum absolute atomic E-state index is 0.369. The van der Waals surface area contributed by atoms with Crippen molar-refractivity contribution < 1.29 is 0 Å². The molecule has 27 heavy (non-hydrogen) atoms. The van der Waals surface area contributed by atoms with Crippen LogP contribution in [0.15, 0.2) is 35.6 Å². The van der Waals surface area contributed by atoms with Crippen molar-refractivity contribution in [3.05, 3.63) is 42.0 Å². The Morgan fingerprint density at radius 1 is 1.26 bits per heavy atom. The Bertz CT molecular complexity index is 752. The highest BCUT2D eigenvalue weighted by molar-refractivity contribution is 5.79. The van der Waals surface area contributed by atoms with Gasteiger partial charge < -0.3 is 20.1 Å². The van der Waals surface area contributed by atoms with Crippen LogP contribution in [0.25, 0.3) is 0 Å². The van der Waals surface area contributed by atoms with E-state index in [4.69, 9.17) is 4.99 Å². The van der Waals surface area contributed by atoms with Gasteiger partial charge >= 0.3 is 0 Å². The number of hydrogen-bond donors (Lipinski definition) is 2. The molecule has 2 aromatic rings. The van der Waals surface area contributed by atoms with Gasteiger partial charge in [0.1, 0.15) is 12.2 Å². The third kappa shape index (κ3) is 4.78. The van der Waals surface area contributed by atoms with E-state index in [0.717, 1.165) is 57.3 Å². The number of aryl methyl sites for hydroxylation is 1. The first-order valence-corrected chi connectivity index (χ1v) is 9.96. The molecule has 1 aliphatic heterocycles. The topological polar surface area (TPSA) is 70.4 Å². The van der Waals surface area contributed by atoms with Crippen molar-refractivity contribution in [2.75, 3.05) is 31.1 Å². The van der Waals surface area contributed by atoms with Gasteiger partial charge in [-0.2, -0.15) is 0 Å². The van der Waals surface area contributed by atoms with Crippen molar-refractivity contribution in [1.82, 2.24) is 25.4 Å². The molecule has 2 N–H and O–H groups in total. The SMILES string of the molecule is CCNC(=NCC(C)N1CCc2ccccc21)NCCn1cnnc1CC. The molecule has 1 aromatic carbocycles. The largest absolute Gasteiger partial charge is 0.366 e. The number of aromatic nitrogens is 3. The number of benzene rings is 1. The first kappa shape index (κ1) is 19.2. The molecule has 7 nitrogen and oxygen atoms in total. The summed E-state index contributed by atoms with van der Waals surface area (Å²) in [7, 11) is 0. The van der Waals surface area contributed by atoms with Gasteiger partial charge in [-0.25, -0.2) is 0 Å². The molecule has 1 unspecified atom stereocenters. The van der Waals surface area contributed by atoms with Crippen molar-refractivity contribution in [1.29, 1.82) is 0 Å². The van der Waals surface area contributed by atoms with Crippen molar-refractivity contribution in [2.45, 2.75) is 46.2 Å². The number of aliphatic imine (C=N–C) groups is 1. The van der Waals surface area contributed by atoms with Gasteiger partial charge in [-0.1, -0.05) is 25.1 Å². The number of nitrogens with zero attached hydrogens (tertiary/aromatic N) is 5. The Hall–Kier alpha value is -2.57. The fourth-order valence-electron chi connectivity index (χ4n) is 3.52. The summed E-state index contributed by atoms with van der Waals surface area (Å²) in [5.74, 6) is 1.88. The molecule has 0 fully saturated rings. The van der Waals surface area contributed by atoms with Gasteiger partial charge in [-0.15, -0.1) is 10.2 Å². The van der Waals surface area contributed by atoms with E-state index in [0.29, 0.717) is 6.04 Å². The molecule has 0 saturated carbocycles. The lowest BCUT2D eigenvalue weighted by atomic mass is 10.2. The molecule has 0 bridgehead atoms. The first-order chi connectivity index (χ1) is 13.2. The molecule has 7 heteroatoms. The quantitative estimate of drug-likeness (QED) is 0.549. The zero-order valence-corrected chi connectivity index (χ0v) is 16.6. The predicted octanol–water partition coefficient (Wildman–Crippen LogP) is 1.85. The molecule has 0 aliphatic carbocycles. The van der Waals surface area contributed by atoms with E-state index >= 15 is 0 Å². The molecular formula is C20H31N7. The van der Waals surface area contributed by atoms with Crippen LogP contribution in [0.3, 0.4) is 0 Å². The molecule has 0 saturated heterocycles. The fraction of sp³-hybridized carbons (Fsp3) is 0.550. The minimum Gasteiger partial charge on any atom is -0.366 e. The third-order valence-electron chi connectivity index (χ3n) is 4.97. The summed E-state index contributed by atoms with van der Waals surface area (Å²) < 4.78 is 2.08. The lowest BCUT2D eigenvalue weighted by Gasteiger charge is -2.26. The van der Waals surface area contributed by atoms with Crippen LogP contribution in [0.5, 0.6) is 0 Å². The lowest BCUT2D eigenvalue weighted by molar-refractivity contribution is 0.626. The molecule has 1 aliphatic rings. The second kappa shape index (κ2) is 9.39. The Kier molecular flexibility index (Phi) is 6.68. The molecule has 146 valence electrons. The maximum Gasteiger partial charge on any atom is 0.191 e. The molecule has 1 atom stereocenters. The van der Waals surface area contributed by atoms with E-state index < -0.39 is 0 Å². The molecule has 0 radical (unpaired) electrons. The fourth-order valence-corrected chi connectivity index (χ4v) is 3.52. The molecular weight excluding hydrogens is 338 g/mol. The monoisotopic (exact) mass is 369 g/mol. The first-order valence-electron chi connectivity index (χ1n) is 9.96. The second-order valence-electron chi connectivity index (χ2n) is 6.86. The predicted molar refractivity (Wildman–Crippen MR) is 110 cm³/mol. The van der Waals surface area contributed by atoms with Crippen LogP contribution in [0.4, 0.5) is 5.69 Å². The maximum atomic E-state index is 4.80. The van der Waals surface area contributed by atoms with Crippen LogP contribution in [0.1, 0.15) is 32.2 Å². The van der Waals surface area contributed by atoms with Gasteiger partial charge in [-0.3, -0.25) is 4.99 Å². The Morgan fingerprint density at radius 3 is 2.93 bits per heavy atom. The second-order valence-corrected chi connectivity index (χ2v) is 6.86. The average Bonchev–Trinajstić information content (AvgIpc) is 3.32. The van der Waals surface area contributed by atoms with E-state index in [1.807, 2.05) is 0 Å². The van der Waals surface area contributed by atoms with Gasteiger partial charge in [-0.05, 0) is 31.9 Å². The molecule has 0 spiro atoms. The van der Waals surface area contributed by atoms with E-state index in [9.17, 15) is 0 Å². The number of hydrogen-bond acceptors (Lipinski definition) is 4. The molecule has 0 amide bonds. The standard InChI is InChI=1S/C20H31N7/c1-4-19-25-24-15-26(19)13-11-22-20(21-5-2)23-14-16(3)27-12-10-17-8-6-7-9-18(17)27/h6-9,15-16H,4-5,10-14H2,1-3H3,(H2,21,22,23). The average molecular weight is 370 g/mol. The van der Waals surface area contributed by atoms with Crippen LogP contribution >= 0.6 is 0 Å². The summed E-state index contributed by atoms with van der Waals surface area (Å²) in [6.45, 7) is 10.7. The van der Waals surface area contributed by atoms with Gasteiger partial charge in [0.05, 0.1) is 6.54 Å². The van der Waals surface area contributed by atoms with E-state index in [1.165, 1.54) is 11.3 Å². The normalized spacial score (nSPS) is 14.9. The van der Waals surface area contributed by atoms with Crippen LogP contribution < -0.4 is 15.5 Å². The lowest BCUT2D eigenvalue weighted by Crippen LogP contribution is -2.41. The summed E-state index contributed by atoms with van der Waals surface area (Å²) in [6.07, 6.45) is 3.81. The van der Waals surface area contributed by atoms with Crippen molar-refractivity contribution >= 4 is 11.6 Å². The Balaban J connectivity index is 1.54. The summed E-state index contributed by atoms with van der Waals surface area (Å²) >= 11 is 0. The molecule has 3 rings (SSSR count). The van der Waals surface area contributed by atoms with Crippen LogP contribution in [-0.2, 0) is 19.4 Å². The van der Waals surface area contributed by atoms with Crippen LogP contribution in [-0.4, -0.2) is 52.9 Å². The maximum absolute atomic E-state index is 4.80. The Labute approximate surface area is 161 Å². The number of rotatable bonds is 8. The smallest absolute Gasteiger partial charge is 0.191 e. The third-order valence-corrected chi connectivity index (χ3v) is 4.97.